The van der Waals surface area contributed by atoms with Gasteiger partial charge in [0.25, 0.3) is 0 Å². The molecule has 0 fully saturated rings. The lowest BCUT2D eigenvalue weighted by Gasteiger charge is -2.05. The van der Waals surface area contributed by atoms with E-state index in [1.165, 1.54) is 0 Å². The summed E-state index contributed by atoms with van der Waals surface area (Å²) in [5.41, 5.74) is 1.83. The highest BCUT2D eigenvalue weighted by Gasteiger charge is 2.07. The lowest BCUT2D eigenvalue weighted by Crippen LogP contribution is -2.00. The summed E-state index contributed by atoms with van der Waals surface area (Å²) >= 11 is 1.55. The molecule has 3 rings (SSSR count). The number of aliphatic hydroxyl groups excluding tert-OH is 1. The first kappa shape index (κ1) is 12.1. The molecule has 0 saturated carbocycles. The number of hydrogen-bond acceptors (Lipinski definition) is 3. The van der Waals surface area contributed by atoms with Crippen molar-refractivity contribution in [2.45, 2.75) is 6.61 Å². The lowest BCUT2D eigenvalue weighted by molar-refractivity contribution is 0.283. The maximum Gasteiger partial charge on any atom is 0.188 e. The molecule has 2 nitrogen and oxygen atoms in total. The SMILES string of the molecule is O=c1cc(-c2ccccc2)sc2c(CO)cccc12. The summed E-state index contributed by atoms with van der Waals surface area (Å²) in [6.45, 7) is -0.0501. The van der Waals surface area contributed by atoms with Gasteiger partial charge in [-0.3, -0.25) is 4.79 Å². The van der Waals surface area contributed by atoms with Crippen LogP contribution in [0.1, 0.15) is 5.56 Å². The third kappa shape index (κ3) is 2.18. The Morgan fingerprint density at radius 1 is 1.00 bits per heavy atom. The second-order valence-corrected chi connectivity index (χ2v) is 5.35. The Bertz CT molecular complexity index is 776. The van der Waals surface area contributed by atoms with Crippen molar-refractivity contribution >= 4 is 21.4 Å². The van der Waals surface area contributed by atoms with Gasteiger partial charge in [-0.15, -0.1) is 11.3 Å². The van der Waals surface area contributed by atoms with Crippen molar-refractivity contribution < 1.29 is 5.11 Å². The highest BCUT2D eigenvalue weighted by molar-refractivity contribution is 7.21. The van der Waals surface area contributed by atoms with E-state index in [9.17, 15) is 9.90 Å². The Hall–Kier alpha value is -1.97. The molecule has 0 aliphatic carbocycles. The van der Waals surface area contributed by atoms with Crippen LogP contribution in [-0.4, -0.2) is 5.11 Å². The lowest BCUT2D eigenvalue weighted by atomic mass is 10.1. The Balaban J connectivity index is 2.33. The molecule has 0 unspecified atom stereocenters. The molecular weight excluding hydrogens is 256 g/mol. The number of aliphatic hydroxyl groups is 1. The van der Waals surface area contributed by atoms with E-state index < -0.39 is 0 Å². The van der Waals surface area contributed by atoms with E-state index >= 15 is 0 Å². The molecule has 0 bridgehead atoms. The molecule has 0 spiro atoms. The first-order valence-electron chi connectivity index (χ1n) is 6.01. The molecule has 19 heavy (non-hydrogen) atoms. The van der Waals surface area contributed by atoms with Crippen LogP contribution in [0.15, 0.2) is 59.4 Å². The van der Waals surface area contributed by atoms with Gasteiger partial charge >= 0.3 is 0 Å². The van der Waals surface area contributed by atoms with E-state index in [0.29, 0.717) is 5.39 Å². The zero-order valence-electron chi connectivity index (χ0n) is 10.2. The largest absolute Gasteiger partial charge is 0.392 e. The maximum absolute atomic E-state index is 12.2. The quantitative estimate of drug-likeness (QED) is 0.773. The summed E-state index contributed by atoms with van der Waals surface area (Å²) in [5.74, 6) is 0. The van der Waals surface area contributed by atoms with Gasteiger partial charge in [0.1, 0.15) is 0 Å². The van der Waals surface area contributed by atoms with E-state index in [0.717, 1.165) is 20.7 Å². The molecular formula is C16H12O2S. The summed E-state index contributed by atoms with van der Waals surface area (Å²) in [7, 11) is 0. The second-order valence-electron chi connectivity index (χ2n) is 4.29. The summed E-state index contributed by atoms with van der Waals surface area (Å²) in [6, 6.07) is 17.0. The normalized spacial score (nSPS) is 10.8. The van der Waals surface area contributed by atoms with Crippen LogP contribution in [0, 0.1) is 0 Å². The van der Waals surface area contributed by atoms with Crippen molar-refractivity contribution in [3.8, 4) is 10.4 Å². The van der Waals surface area contributed by atoms with E-state index in [1.54, 1.807) is 17.4 Å². The Morgan fingerprint density at radius 2 is 1.79 bits per heavy atom. The van der Waals surface area contributed by atoms with Crippen LogP contribution in [0.2, 0.25) is 0 Å². The summed E-state index contributed by atoms with van der Waals surface area (Å²) < 4.78 is 0.872. The van der Waals surface area contributed by atoms with Gasteiger partial charge in [0.2, 0.25) is 0 Å². The summed E-state index contributed by atoms with van der Waals surface area (Å²) in [5, 5.41) is 10.1. The van der Waals surface area contributed by atoms with E-state index in [-0.39, 0.29) is 12.0 Å². The molecule has 1 aromatic heterocycles. The zero-order valence-corrected chi connectivity index (χ0v) is 11.0. The van der Waals surface area contributed by atoms with Crippen LogP contribution in [0.5, 0.6) is 0 Å². The van der Waals surface area contributed by atoms with Crippen LogP contribution in [-0.2, 0) is 6.61 Å². The van der Waals surface area contributed by atoms with Crippen molar-refractivity contribution in [1.82, 2.24) is 0 Å². The minimum atomic E-state index is -0.0501. The molecule has 0 aliphatic rings. The summed E-state index contributed by atoms with van der Waals surface area (Å²) in [4.78, 5) is 13.1. The highest BCUT2D eigenvalue weighted by atomic mass is 32.1. The summed E-state index contributed by atoms with van der Waals surface area (Å²) in [6.07, 6.45) is 0. The fraction of sp³-hybridized carbons (Fsp3) is 0.0625. The van der Waals surface area contributed by atoms with Crippen LogP contribution in [0.3, 0.4) is 0 Å². The van der Waals surface area contributed by atoms with Crippen LogP contribution < -0.4 is 5.43 Å². The second kappa shape index (κ2) is 4.96. The van der Waals surface area contributed by atoms with Gasteiger partial charge in [0.05, 0.1) is 6.61 Å². The first-order valence-corrected chi connectivity index (χ1v) is 6.83. The van der Waals surface area contributed by atoms with Gasteiger partial charge in [-0.1, -0.05) is 42.5 Å². The van der Waals surface area contributed by atoms with Crippen molar-refractivity contribution in [2.24, 2.45) is 0 Å². The molecule has 3 aromatic rings. The molecule has 3 heteroatoms. The molecule has 0 saturated heterocycles. The topological polar surface area (TPSA) is 37.3 Å². The average Bonchev–Trinajstić information content (AvgIpc) is 2.47. The molecule has 94 valence electrons. The van der Waals surface area contributed by atoms with Crippen molar-refractivity contribution in [1.29, 1.82) is 0 Å². The van der Waals surface area contributed by atoms with Gasteiger partial charge in [0.15, 0.2) is 5.43 Å². The fourth-order valence-electron chi connectivity index (χ4n) is 2.10. The molecule has 0 amide bonds. The predicted octanol–water partition coefficient (Wildman–Crippen LogP) is 3.42. The van der Waals surface area contributed by atoms with E-state index in [1.807, 2.05) is 48.5 Å². The molecule has 1 N–H and O–H groups in total. The Labute approximate surface area is 114 Å². The zero-order chi connectivity index (χ0) is 13.2. The van der Waals surface area contributed by atoms with Crippen molar-refractivity contribution in [3.05, 3.63) is 70.4 Å². The van der Waals surface area contributed by atoms with Crippen molar-refractivity contribution in [3.63, 3.8) is 0 Å². The monoisotopic (exact) mass is 268 g/mol. The molecule has 0 atom stereocenters. The molecule has 1 heterocycles. The maximum atomic E-state index is 12.2. The molecule has 0 aliphatic heterocycles. The fourth-order valence-corrected chi connectivity index (χ4v) is 3.29. The Morgan fingerprint density at radius 3 is 2.53 bits per heavy atom. The molecule has 0 radical (unpaired) electrons. The highest BCUT2D eigenvalue weighted by Crippen LogP contribution is 2.29. The standard InChI is InChI=1S/C16H12O2S/c17-10-12-7-4-8-13-14(18)9-15(19-16(12)13)11-5-2-1-3-6-11/h1-9,17H,10H2. The average molecular weight is 268 g/mol. The van der Waals surface area contributed by atoms with Gasteiger partial charge in [-0.25, -0.2) is 0 Å². The van der Waals surface area contributed by atoms with Gasteiger partial charge in [0, 0.05) is 21.0 Å². The van der Waals surface area contributed by atoms with Gasteiger partial charge < -0.3 is 5.11 Å². The third-order valence-electron chi connectivity index (χ3n) is 3.06. The van der Waals surface area contributed by atoms with E-state index in [2.05, 4.69) is 0 Å². The molecule has 2 aromatic carbocycles. The Kier molecular flexibility index (Phi) is 3.15. The minimum Gasteiger partial charge on any atom is -0.392 e. The van der Waals surface area contributed by atoms with E-state index in [4.69, 9.17) is 0 Å². The number of fused-ring (bicyclic) bond motifs is 1. The number of hydrogen-bond donors (Lipinski definition) is 1. The van der Waals surface area contributed by atoms with Crippen LogP contribution in [0.4, 0.5) is 0 Å². The third-order valence-corrected chi connectivity index (χ3v) is 4.32. The predicted molar refractivity (Wildman–Crippen MR) is 79.5 cm³/mol. The van der Waals surface area contributed by atoms with Crippen molar-refractivity contribution in [2.75, 3.05) is 0 Å². The smallest absolute Gasteiger partial charge is 0.188 e. The van der Waals surface area contributed by atoms with Gasteiger partial charge in [-0.2, -0.15) is 0 Å². The first-order chi connectivity index (χ1) is 9.29. The minimum absolute atomic E-state index is 0.00269. The van der Waals surface area contributed by atoms with Crippen LogP contribution in [0.25, 0.3) is 20.5 Å². The van der Waals surface area contributed by atoms with Gasteiger partial charge in [-0.05, 0) is 17.2 Å². The number of benzene rings is 2. The van der Waals surface area contributed by atoms with Crippen LogP contribution >= 0.6 is 11.3 Å². The number of rotatable bonds is 2.